The maximum atomic E-state index is 3.52. The summed E-state index contributed by atoms with van der Waals surface area (Å²) in [4.78, 5) is 1.38. The van der Waals surface area contributed by atoms with Crippen LogP contribution in [0.2, 0.25) is 0 Å². The lowest BCUT2D eigenvalue weighted by Gasteiger charge is -2.13. The Morgan fingerprint density at radius 1 is 1.11 bits per heavy atom. The van der Waals surface area contributed by atoms with E-state index in [0.717, 1.165) is 13.1 Å². The molecule has 0 aromatic heterocycles. The fourth-order valence-electron chi connectivity index (χ4n) is 1.81. The van der Waals surface area contributed by atoms with E-state index in [1.807, 2.05) is 11.8 Å². The first-order chi connectivity index (χ1) is 8.63. The van der Waals surface area contributed by atoms with Crippen molar-refractivity contribution in [1.29, 1.82) is 0 Å². The average molecular weight is 265 g/mol. The molecule has 0 amide bonds. The molecule has 1 rings (SSSR count). The van der Waals surface area contributed by atoms with Gasteiger partial charge in [0.15, 0.2) is 0 Å². The number of rotatable bonds is 8. The van der Waals surface area contributed by atoms with Gasteiger partial charge in [0.1, 0.15) is 0 Å². The van der Waals surface area contributed by atoms with Gasteiger partial charge in [-0.05, 0) is 36.6 Å². The third-order valence-electron chi connectivity index (χ3n) is 3.02. The molecular formula is C16H27NS. The van der Waals surface area contributed by atoms with E-state index in [0.29, 0.717) is 11.2 Å². The zero-order valence-corrected chi connectivity index (χ0v) is 13.0. The van der Waals surface area contributed by atoms with E-state index in [2.05, 4.69) is 57.3 Å². The Bertz CT molecular complexity index is 318. The number of hydrogen-bond donors (Lipinski definition) is 1. The Kier molecular flexibility index (Phi) is 7.45. The summed E-state index contributed by atoms with van der Waals surface area (Å²) in [5, 5.41) is 4.15. The van der Waals surface area contributed by atoms with Crippen LogP contribution < -0.4 is 5.32 Å². The van der Waals surface area contributed by atoms with Crippen molar-refractivity contribution in [2.45, 2.75) is 56.6 Å². The lowest BCUT2D eigenvalue weighted by molar-refractivity contribution is 0.638. The van der Waals surface area contributed by atoms with Crippen molar-refractivity contribution >= 4 is 11.8 Å². The molecule has 102 valence electrons. The molecule has 1 unspecified atom stereocenters. The van der Waals surface area contributed by atoms with E-state index < -0.39 is 0 Å². The normalized spacial score (nSPS) is 12.9. The molecule has 0 aliphatic rings. The monoisotopic (exact) mass is 265 g/mol. The summed E-state index contributed by atoms with van der Waals surface area (Å²) >= 11 is 1.96. The fraction of sp³-hybridized carbons (Fsp3) is 0.625. The van der Waals surface area contributed by atoms with E-state index in [-0.39, 0.29) is 0 Å². The van der Waals surface area contributed by atoms with E-state index >= 15 is 0 Å². The highest BCUT2D eigenvalue weighted by Gasteiger charge is 2.04. The van der Waals surface area contributed by atoms with Crippen LogP contribution in [0.15, 0.2) is 29.2 Å². The molecule has 0 saturated carbocycles. The van der Waals surface area contributed by atoms with E-state index in [1.165, 1.54) is 23.3 Å². The van der Waals surface area contributed by atoms with E-state index in [4.69, 9.17) is 0 Å². The van der Waals surface area contributed by atoms with Crippen LogP contribution in [-0.2, 0) is 0 Å². The standard InChI is InChI=1S/C16H27NS/c1-5-6-11-17-12-14(4)18-16-9-7-15(8-10-16)13(2)3/h7-10,13-14,17H,5-6,11-12H2,1-4H3. The highest BCUT2D eigenvalue weighted by atomic mass is 32.2. The number of thioether (sulfide) groups is 1. The molecule has 0 radical (unpaired) electrons. The van der Waals surface area contributed by atoms with Gasteiger partial charge in [0.05, 0.1) is 0 Å². The summed E-state index contributed by atoms with van der Waals surface area (Å²) in [6.45, 7) is 11.2. The Morgan fingerprint density at radius 3 is 2.33 bits per heavy atom. The Hall–Kier alpha value is -0.470. The minimum absolute atomic E-state index is 0.622. The lowest BCUT2D eigenvalue weighted by Crippen LogP contribution is -2.23. The molecule has 0 bridgehead atoms. The second-order valence-electron chi connectivity index (χ2n) is 5.21. The van der Waals surface area contributed by atoms with Crippen molar-refractivity contribution in [2.24, 2.45) is 0 Å². The molecule has 0 aliphatic carbocycles. The Labute approximate surface area is 117 Å². The quantitative estimate of drug-likeness (QED) is 0.541. The van der Waals surface area contributed by atoms with Crippen LogP contribution in [0.5, 0.6) is 0 Å². The van der Waals surface area contributed by atoms with Crippen molar-refractivity contribution in [3.8, 4) is 0 Å². The summed E-state index contributed by atoms with van der Waals surface area (Å²) in [6.07, 6.45) is 2.55. The van der Waals surface area contributed by atoms with Crippen LogP contribution in [0.25, 0.3) is 0 Å². The molecule has 1 aromatic carbocycles. The molecule has 0 aliphatic heterocycles. The molecule has 0 fully saturated rings. The lowest BCUT2D eigenvalue weighted by atomic mass is 10.0. The van der Waals surface area contributed by atoms with Gasteiger partial charge in [-0.25, -0.2) is 0 Å². The zero-order valence-electron chi connectivity index (χ0n) is 12.2. The van der Waals surface area contributed by atoms with Gasteiger partial charge in [-0.3, -0.25) is 0 Å². The van der Waals surface area contributed by atoms with Gasteiger partial charge in [-0.1, -0.05) is 46.2 Å². The largest absolute Gasteiger partial charge is 0.316 e. The Balaban J connectivity index is 2.32. The van der Waals surface area contributed by atoms with Gasteiger partial charge < -0.3 is 5.32 Å². The zero-order chi connectivity index (χ0) is 13.4. The van der Waals surface area contributed by atoms with E-state index in [1.54, 1.807) is 0 Å². The molecule has 1 nitrogen and oxygen atoms in total. The third kappa shape index (κ3) is 5.92. The van der Waals surface area contributed by atoms with Gasteiger partial charge in [-0.15, -0.1) is 11.8 Å². The summed E-state index contributed by atoms with van der Waals surface area (Å²) in [7, 11) is 0. The number of nitrogens with one attached hydrogen (secondary N) is 1. The second kappa shape index (κ2) is 8.60. The van der Waals surface area contributed by atoms with Gasteiger partial charge in [0, 0.05) is 16.7 Å². The first-order valence-electron chi connectivity index (χ1n) is 7.10. The van der Waals surface area contributed by atoms with E-state index in [9.17, 15) is 0 Å². The van der Waals surface area contributed by atoms with Crippen LogP contribution in [0, 0.1) is 0 Å². The molecule has 0 spiro atoms. The number of hydrogen-bond acceptors (Lipinski definition) is 2. The maximum absolute atomic E-state index is 3.52. The SMILES string of the molecule is CCCCNCC(C)Sc1ccc(C(C)C)cc1. The Morgan fingerprint density at radius 2 is 1.78 bits per heavy atom. The topological polar surface area (TPSA) is 12.0 Å². The molecule has 1 atom stereocenters. The molecule has 18 heavy (non-hydrogen) atoms. The number of benzene rings is 1. The van der Waals surface area contributed by atoms with Crippen molar-refractivity contribution < 1.29 is 0 Å². The number of unbranched alkanes of at least 4 members (excludes halogenated alkanes) is 1. The summed E-state index contributed by atoms with van der Waals surface area (Å²) in [6, 6.07) is 9.01. The highest BCUT2D eigenvalue weighted by molar-refractivity contribution is 8.00. The third-order valence-corrected chi connectivity index (χ3v) is 4.14. The smallest absolute Gasteiger partial charge is 0.0191 e. The van der Waals surface area contributed by atoms with Crippen molar-refractivity contribution in [3.63, 3.8) is 0 Å². The molecule has 0 saturated heterocycles. The predicted octanol–water partition coefficient (Wildman–Crippen LogP) is 4.68. The fourth-order valence-corrected chi connectivity index (χ4v) is 2.77. The van der Waals surface area contributed by atoms with Gasteiger partial charge in [0.25, 0.3) is 0 Å². The van der Waals surface area contributed by atoms with Gasteiger partial charge in [0.2, 0.25) is 0 Å². The predicted molar refractivity (Wildman–Crippen MR) is 83.6 cm³/mol. The molecule has 2 heteroatoms. The minimum Gasteiger partial charge on any atom is -0.316 e. The van der Waals surface area contributed by atoms with Crippen LogP contribution in [0.1, 0.15) is 52.0 Å². The first kappa shape index (κ1) is 15.6. The minimum atomic E-state index is 0.622. The molecular weight excluding hydrogens is 238 g/mol. The first-order valence-corrected chi connectivity index (χ1v) is 7.98. The summed E-state index contributed by atoms with van der Waals surface area (Å²) in [5.74, 6) is 0.622. The average Bonchev–Trinajstić information content (AvgIpc) is 2.35. The van der Waals surface area contributed by atoms with Gasteiger partial charge in [-0.2, -0.15) is 0 Å². The summed E-state index contributed by atoms with van der Waals surface area (Å²) in [5.41, 5.74) is 1.42. The van der Waals surface area contributed by atoms with Crippen LogP contribution in [0.3, 0.4) is 0 Å². The maximum Gasteiger partial charge on any atom is 0.0191 e. The van der Waals surface area contributed by atoms with Crippen molar-refractivity contribution in [3.05, 3.63) is 29.8 Å². The van der Waals surface area contributed by atoms with Crippen molar-refractivity contribution in [1.82, 2.24) is 5.32 Å². The van der Waals surface area contributed by atoms with Gasteiger partial charge >= 0.3 is 0 Å². The van der Waals surface area contributed by atoms with Crippen LogP contribution in [-0.4, -0.2) is 18.3 Å². The molecule has 1 aromatic rings. The second-order valence-corrected chi connectivity index (χ2v) is 6.72. The molecule has 0 heterocycles. The summed E-state index contributed by atoms with van der Waals surface area (Å²) < 4.78 is 0. The van der Waals surface area contributed by atoms with Crippen LogP contribution in [0.4, 0.5) is 0 Å². The highest BCUT2D eigenvalue weighted by Crippen LogP contribution is 2.24. The molecule has 1 N–H and O–H groups in total. The van der Waals surface area contributed by atoms with Crippen molar-refractivity contribution in [2.75, 3.05) is 13.1 Å². The van der Waals surface area contributed by atoms with Crippen LogP contribution >= 0.6 is 11.8 Å².